The Labute approximate surface area is 246 Å². The van der Waals surface area contributed by atoms with Crippen LogP contribution in [0, 0.1) is 0 Å². The minimum atomic E-state index is -0.478. The number of aromatic nitrogens is 4. The van der Waals surface area contributed by atoms with Crippen LogP contribution in [0.3, 0.4) is 0 Å². The van der Waals surface area contributed by atoms with Gasteiger partial charge in [-0.05, 0) is 69.9 Å². The summed E-state index contributed by atoms with van der Waals surface area (Å²) in [5.41, 5.74) is 6.94. The predicted octanol–water partition coefficient (Wildman–Crippen LogP) is 7.51. The molecule has 0 spiro atoms. The van der Waals surface area contributed by atoms with Crippen LogP contribution in [0.15, 0.2) is 85.5 Å². The Balaban J connectivity index is 1.17. The van der Waals surface area contributed by atoms with Crippen molar-refractivity contribution in [1.82, 2.24) is 24.6 Å². The third kappa shape index (κ3) is 6.03. The predicted molar refractivity (Wildman–Crippen MR) is 167 cm³/mol. The van der Waals surface area contributed by atoms with Crippen LogP contribution in [0.25, 0.3) is 33.3 Å². The molecule has 8 nitrogen and oxygen atoms in total. The summed E-state index contributed by atoms with van der Waals surface area (Å²) in [6.07, 6.45) is 9.48. The molecule has 5 aromatic rings. The van der Waals surface area contributed by atoms with Crippen molar-refractivity contribution in [3.05, 3.63) is 91.0 Å². The number of anilines is 1. The molecule has 0 radical (unpaired) electrons. The number of carbonyl (C=O) groups is 1. The number of rotatable bonds is 6. The van der Waals surface area contributed by atoms with Crippen molar-refractivity contribution in [3.63, 3.8) is 0 Å². The van der Waals surface area contributed by atoms with E-state index in [0.29, 0.717) is 19.1 Å². The summed E-state index contributed by atoms with van der Waals surface area (Å²) in [5, 5.41) is 9.42. The van der Waals surface area contributed by atoms with E-state index >= 15 is 0 Å². The lowest BCUT2D eigenvalue weighted by Crippen LogP contribution is -2.44. The van der Waals surface area contributed by atoms with Gasteiger partial charge in [0.15, 0.2) is 0 Å². The molecular weight excluding hydrogens is 524 g/mol. The summed E-state index contributed by atoms with van der Waals surface area (Å²) < 4.78 is 7.55. The van der Waals surface area contributed by atoms with Crippen LogP contribution < -0.4 is 5.32 Å². The second kappa shape index (κ2) is 11.4. The van der Waals surface area contributed by atoms with Crippen LogP contribution in [0.2, 0.25) is 0 Å². The van der Waals surface area contributed by atoms with E-state index in [2.05, 4.69) is 83.1 Å². The van der Waals surface area contributed by atoms with E-state index in [1.807, 2.05) is 50.1 Å². The molecule has 1 atom stereocenters. The molecule has 1 aliphatic heterocycles. The Kier molecular flexibility index (Phi) is 7.45. The van der Waals surface area contributed by atoms with Crippen molar-refractivity contribution in [3.8, 4) is 22.3 Å². The molecule has 6 rings (SSSR count). The molecule has 2 aromatic carbocycles. The fraction of sp³-hybridized carbons (Fsp3) is 0.324. The van der Waals surface area contributed by atoms with Crippen LogP contribution >= 0.6 is 0 Å². The fourth-order valence-electron chi connectivity index (χ4n) is 5.53. The van der Waals surface area contributed by atoms with Gasteiger partial charge >= 0.3 is 6.09 Å². The van der Waals surface area contributed by atoms with Gasteiger partial charge in [-0.2, -0.15) is 5.10 Å². The first-order valence-corrected chi connectivity index (χ1v) is 14.6. The maximum absolute atomic E-state index is 12.4. The monoisotopic (exact) mass is 562 g/mol. The van der Waals surface area contributed by atoms with Gasteiger partial charge in [0.1, 0.15) is 11.2 Å². The Bertz CT molecular complexity index is 1680. The van der Waals surface area contributed by atoms with E-state index in [-0.39, 0.29) is 12.1 Å². The van der Waals surface area contributed by atoms with Crippen LogP contribution in [-0.2, 0) is 4.74 Å². The highest BCUT2D eigenvalue weighted by Gasteiger charge is 2.27. The van der Waals surface area contributed by atoms with Crippen LogP contribution in [-0.4, -0.2) is 55.5 Å². The average Bonchev–Trinajstić information content (AvgIpc) is 3.64. The van der Waals surface area contributed by atoms with E-state index in [1.165, 1.54) is 5.56 Å². The number of nitrogens with one attached hydrogen (secondary N) is 2. The average molecular weight is 563 g/mol. The first-order valence-electron chi connectivity index (χ1n) is 14.6. The van der Waals surface area contributed by atoms with Gasteiger partial charge in [0.05, 0.1) is 12.2 Å². The van der Waals surface area contributed by atoms with Crippen molar-refractivity contribution in [2.45, 2.75) is 58.2 Å². The third-order valence-electron chi connectivity index (χ3n) is 7.84. The summed E-state index contributed by atoms with van der Waals surface area (Å²) >= 11 is 0. The number of benzene rings is 2. The van der Waals surface area contributed by atoms with Gasteiger partial charge in [-0.15, -0.1) is 0 Å². The molecule has 216 valence electrons. The number of fused-ring (bicyclic) bond motifs is 1. The Morgan fingerprint density at radius 2 is 1.79 bits per heavy atom. The third-order valence-corrected chi connectivity index (χ3v) is 7.84. The number of nitrogens with zero attached hydrogens (tertiary/aromatic N) is 4. The molecule has 1 fully saturated rings. The summed E-state index contributed by atoms with van der Waals surface area (Å²) in [6.45, 7) is 9.23. The van der Waals surface area contributed by atoms with Gasteiger partial charge < -0.3 is 19.9 Å². The lowest BCUT2D eigenvalue weighted by molar-refractivity contribution is 0.0210. The SMILES string of the molecule is CC(c1ccccc1)n1cc(-c2c[nH]c3ncc(-c4cccc(NC5CCN(C(=O)OC(C)(C)C)CC5)c4)cc23)cn1. The zero-order valence-electron chi connectivity index (χ0n) is 24.7. The number of ether oxygens (including phenoxy) is 1. The number of carbonyl (C=O) groups excluding carboxylic acids is 1. The number of H-pyrrole nitrogens is 1. The second-order valence-corrected chi connectivity index (χ2v) is 12.1. The van der Waals surface area contributed by atoms with Crippen molar-refractivity contribution >= 4 is 22.8 Å². The van der Waals surface area contributed by atoms with Gasteiger partial charge in [0, 0.05) is 65.5 Å². The molecule has 1 aliphatic rings. The number of aromatic amines is 1. The molecule has 4 heterocycles. The Hall–Kier alpha value is -4.59. The largest absolute Gasteiger partial charge is 0.444 e. The van der Waals surface area contributed by atoms with E-state index in [0.717, 1.165) is 51.8 Å². The first-order chi connectivity index (χ1) is 20.2. The normalized spacial score (nSPS) is 15.1. The summed E-state index contributed by atoms with van der Waals surface area (Å²) in [7, 11) is 0. The summed E-state index contributed by atoms with van der Waals surface area (Å²) in [5.74, 6) is 0. The molecule has 1 unspecified atom stereocenters. The zero-order chi connectivity index (χ0) is 29.3. The molecule has 42 heavy (non-hydrogen) atoms. The smallest absolute Gasteiger partial charge is 0.410 e. The number of hydrogen-bond acceptors (Lipinski definition) is 5. The molecule has 0 bridgehead atoms. The van der Waals surface area contributed by atoms with Crippen molar-refractivity contribution in [2.24, 2.45) is 0 Å². The standard InChI is InChI=1S/C34H38N6O2/c1-23(24-9-6-5-7-10-24)40-22-27(20-37-40)31-21-36-32-30(31)18-26(19-35-32)25-11-8-12-29(17-25)38-28-13-15-39(16-14-28)33(41)42-34(2,3)4/h5-12,17-23,28,38H,13-16H2,1-4H3,(H,35,36). The van der Waals surface area contributed by atoms with E-state index in [9.17, 15) is 4.79 Å². The van der Waals surface area contributed by atoms with Gasteiger partial charge in [0.25, 0.3) is 0 Å². The molecular formula is C34H38N6O2. The molecule has 2 N–H and O–H groups in total. The quantitative estimate of drug-likeness (QED) is 0.224. The van der Waals surface area contributed by atoms with Crippen LogP contribution in [0.4, 0.5) is 10.5 Å². The van der Waals surface area contributed by atoms with E-state index in [4.69, 9.17) is 9.72 Å². The Morgan fingerprint density at radius 3 is 2.55 bits per heavy atom. The maximum Gasteiger partial charge on any atom is 0.410 e. The number of amides is 1. The van der Waals surface area contributed by atoms with E-state index < -0.39 is 5.60 Å². The van der Waals surface area contributed by atoms with Crippen molar-refractivity contribution < 1.29 is 9.53 Å². The lowest BCUT2D eigenvalue weighted by atomic mass is 10.0. The molecule has 1 saturated heterocycles. The van der Waals surface area contributed by atoms with Gasteiger partial charge in [0.2, 0.25) is 0 Å². The highest BCUT2D eigenvalue weighted by atomic mass is 16.6. The number of pyridine rings is 1. The van der Waals surface area contributed by atoms with Gasteiger partial charge in [-0.1, -0.05) is 42.5 Å². The van der Waals surface area contributed by atoms with Gasteiger partial charge in [-0.25, -0.2) is 9.78 Å². The van der Waals surface area contributed by atoms with Gasteiger partial charge in [-0.3, -0.25) is 4.68 Å². The highest BCUT2D eigenvalue weighted by Crippen LogP contribution is 2.32. The Morgan fingerprint density at radius 1 is 1.00 bits per heavy atom. The van der Waals surface area contributed by atoms with Crippen molar-refractivity contribution in [1.29, 1.82) is 0 Å². The molecule has 8 heteroatoms. The zero-order valence-corrected chi connectivity index (χ0v) is 24.7. The fourth-order valence-corrected chi connectivity index (χ4v) is 5.53. The second-order valence-electron chi connectivity index (χ2n) is 12.1. The first kappa shape index (κ1) is 27.6. The number of likely N-dealkylation sites (tertiary alicyclic amines) is 1. The lowest BCUT2D eigenvalue weighted by Gasteiger charge is -2.34. The topological polar surface area (TPSA) is 88.1 Å². The summed E-state index contributed by atoms with van der Waals surface area (Å²) in [4.78, 5) is 22.3. The minimum absolute atomic E-state index is 0.138. The van der Waals surface area contributed by atoms with Crippen LogP contribution in [0.1, 0.15) is 52.1 Å². The molecule has 3 aromatic heterocycles. The van der Waals surface area contributed by atoms with Crippen molar-refractivity contribution in [2.75, 3.05) is 18.4 Å². The number of piperidine rings is 1. The van der Waals surface area contributed by atoms with E-state index in [1.54, 1.807) is 4.90 Å². The highest BCUT2D eigenvalue weighted by molar-refractivity contribution is 5.95. The summed E-state index contributed by atoms with van der Waals surface area (Å²) in [6, 6.07) is 21.5. The number of hydrogen-bond donors (Lipinski definition) is 2. The molecule has 0 aliphatic carbocycles. The molecule has 0 saturated carbocycles. The minimum Gasteiger partial charge on any atom is -0.444 e. The van der Waals surface area contributed by atoms with Crippen LogP contribution in [0.5, 0.6) is 0 Å². The maximum atomic E-state index is 12.4. The molecule has 1 amide bonds.